The van der Waals surface area contributed by atoms with Crippen molar-refractivity contribution in [2.24, 2.45) is 0 Å². The summed E-state index contributed by atoms with van der Waals surface area (Å²) in [5.74, 6) is -1.82. The molecule has 1 saturated heterocycles. The van der Waals surface area contributed by atoms with Crippen LogP contribution in [-0.2, 0) is 28.6 Å². The van der Waals surface area contributed by atoms with E-state index in [2.05, 4.69) is 9.64 Å². The molecular weight excluding hydrogens is 362 g/mol. The minimum absolute atomic E-state index is 0.313. The van der Waals surface area contributed by atoms with Gasteiger partial charge in [0, 0.05) is 25.7 Å². The molecule has 0 saturated carbocycles. The lowest BCUT2D eigenvalue weighted by Crippen LogP contribution is -2.38. The molecule has 8 nitrogen and oxygen atoms in total. The zero-order valence-electron chi connectivity index (χ0n) is 14.8. The molecule has 1 aromatic carbocycles. The number of carbonyl (C=O) groups excluding carboxylic acids is 2. The van der Waals surface area contributed by atoms with Crippen LogP contribution >= 0.6 is 0 Å². The van der Waals surface area contributed by atoms with E-state index in [0.717, 1.165) is 12.6 Å². The zero-order chi connectivity index (χ0) is 19.2. The molecule has 1 aliphatic rings. The molecule has 0 aromatic heterocycles. The fraction of sp³-hybridized carbons (Fsp3) is 0.529. The van der Waals surface area contributed by atoms with Gasteiger partial charge in [-0.15, -0.1) is 0 Å². The Hall–Kier alpha value is -2.13. The van der Waals surface area contributed by atoms with E-state index in [1.54, 1.807) is 25.1 Å². The number of carbonyl (C=O) groups is 2. The van der Waals surface area contributed by atoms with Gasteiger partial charge in [-0.25, -0.2) is 4.79 Å². The maximum Gasteiger partial charge on any atom is 0.338 e. The molecule has 0 amide bonds. The van der Waals surface area contributed by atoms with Gasteiger partial charge >= 0.3 is 22.1 Å². The predicted octanol–water partition coefficient (Wildman–Crippen LogP) is 1.70. The molecule has 0 aliphatic carbocycles. The Morgan fingerprint density at radius 3 is 2.50 bits per heavy atom. The summed E-state index contributed by atoms with van der Waals surface area (Å²) in [7, 11) is -3.91. The molecule has 144 valence electrons. The Bertz CT molecular complexity index is 739. The molecule has 1 fully saturated rings. The van der Waals surface area contributed by atoms with Crippen molar-refractivity contribution in [3.8, 4) is 0 Å². The highest BCUT2D eigenvalue weighted by Gasteiger charge is 2.26. The first-order chi connectivity index (χ1) is 12.3. The smallest absolute Gasteiger partial charge is 0.338 e. The van der Waals surface area contributed by atoms with Crippen LogP contribution in [0.3, 0.4) is 0 Å². The predicted molar refractivity (Wildman–Crippen MR) is 94.3 cm³/mol. The summed E-state index contributed by atoms with van der Waals surface area (Å²) >= 11 is 0. The third kappa shape index (κ3) is 5.99. The van der Waals surface area contributed by atoms with E-state index >= 15 is 0 Å². The van der Waals surface area contributed by atoms with Gasteiger partial charge in [-0.1, -0.05) is 6.07 Å². The van der Waals surface area contributed by atoms with Crippen LogP contribution in [-0.4, -0.2) is 52.1 Å². The third-order valence-electron chi connectivity index (χ3n) is 3.85. The highest BCUT2D eigenvalue weighted by molar-refractivity contribution is 7.86. The first kappa shape index (κ1) is 20.2. The molecule has 1 aromatic rings. The fourth-order valence-corrected chi connectivity index (χ4v) is 3.62. The van der Waals surface area contributed by atoms with Gasteiger partial charge in [0.25, 0.3) is 0 Å². The van der Waals surface area contributed by atoms with E-state index in [1.165, 1.54) is 0 Å². The summed E-state index contributed by atoms with van der Waals surface area (Å²) in [5.41, 5.74) is 1.35. The number of hydrogen-bond acceptors (Lipinski definition) is 8. The number of piperidine rings is 1. The molecular formula is C17H23NO7S. The number of esters is 2. The van der Waals surface area contributed by atoms with Crippen LogP contribution in [0.1, 0.15) is 37.0 Å². The van der Waals surface area contributed by atoms with Gasteiger partial charge in [0.2, 0.25) is 5.94 Å². The average Bonchev–Trinajstić information content (AvgIpc) is 2.61. The van der Waals surface area contributed by atoms with Gasteiger partial charge in [0.15, 0.2) is 0 Å². The van der Waals surface area contributed by atoms with Crippen LogP contribution in [0.5, 0.6) is 0 Å². The second kappa shape index (κ2) is 9.00. The summed E-state index contributed by atoms with van der Waals surface area (Å²) in [6.45, 7) is 4.37. The minimum atomic E-state index is -3.91. The van der Waals surface area contributed by atoms with Gasteiger partial charge in [-0.05, 0) is 38.0 Å². The topological polar surface area (TPSA) is 99.2 Å². The second-order valence-corrected chi connectivity index (χ2v) is 7.41. The Labute approximate surface area is 153 Å². The Balaban J connectivity index is 1.91. The van der Waals surface area contributed by atoms with E-state index in [-0.39, 0.29) is 5.97 Å². The molecule has 26 heavy (non-hydrogen) atoms. The van der Waals surface area contributed by atoms with Crippen LogP contribution in [0.25, 0.3) is 0 Å². The standard InChI is InChI=1S/C17H23NO7S/c1-3-23-17(20)14-5-4-6-15(11-14)18-9-7-16(8-10-18)25-26(21,22)12-24-13(2)19/h4-6,11,16H,3,7-10,12H2,1-2H3. The number of anilines is 1. The molecule has 0 unspecified atom stereocenters. The number of hydrogen-bond donors (Lipinski definition) is 0. The normalized spacial score (nSPS) is 15.5. The number of nitrogens with zero attached hydrogens (tertiary/aromatic N) is 1. The van der Waals surface area contributed by atoms with Gasteiger partial charge in [-0.2, -0.15) is 8.42 Å². The number of ether oxygens (including phenoxy) is 2. The van der Waals surface area contributed by atoms with Crippen molar-refractivity contribution in [1.29, 1.82) is 0 Å². The lowest BCUT2D eigenvalue weighted by Gasteiger charge is -2.33. The molecule has 0 bridgehead atoms. The van der Waals surface area contributed by atoms with Gasteiger partial charge < -0.3 is 14.4 Å². The maximum atomic E-state index is 11.8. The Kier molecular flexibility index (Phi) is 6.98. The summed E-state index contributed by atoms with van der Waals surface area (Å²) in [6, 6.07) is 7.13. The molecule has 2 rings (SSSR count). The van der Waals surface area contributed by atoms with Crippen LogP contribution in [0.15, 0.2) is 24.3 Å². The van der Waals surface area contributed by atoms with Crippen molar-refractivity contribution in [2.75, 3.05) is 30.5 Å². The largest absolute Gasteiger partial charge is 0.462 e. The molecule has 1 aliphatic heterocycles. The van der Waals surface area contributed by atoms with Crippen LogP contribution in [0.2, 0.25) is 0 Å². The van der Waals surface area contributed by atoms with Crippen molar-refractivity contribution in [2.45, 2.75) is 32.8 Å². The van der Waals surface area contributed by atoms with Crippen LogP contribution in [0.4, 0.5) is 5.69 Å². The van der Waals surface area contributed by atoms with E-state index in [0.29, 0.717) is 38.1 Å². The molecule has 0 N–H and O–H groups in total. The van der Waals surface area contributed by atoms with Gasteiger partial charge in [-0.3, -0.25) is 8.98 Å². The van der Waals surface area contributed by atoms with Crippen molar-refractivity contribution in [1.82, 2.24) is 0 Å². The van der Waals surface area contributed by atoms with Crippen molar-refractivity contribution in [3.05, 3.63) is 29.8 Å². The van der Waals surface area contributed by atoms with Crippen molar-refractivity contribution < 1.29 is 31.7 Å². The first-order valence-electron chi connectivity index (χ1n) is 8.37. The third-order valence-corrected chi connectivity index (χ3v) is 4.83. The minimum Gasteiger partial charge on any atom is -0.462 e. The van der Waals surface area contributed by atoms with Gasteiger partial charge in [0.05, 0.1) is 18.3 Å². The van der Waals surface area contributed by atoms with Crippen LogP contribution in [0, 0.1) is 0 Å². The SMILES string of the molecule is CCOC(=O)c1cccc(N2CCC(OS(=O)(=O)COC(C)=O)CC2)c1. The van der Waals surface area contributed by atoms with Crippen LogP contribution < -0.4 is 4.90 Å². The van der Waals surface area contributed by atoms with Crippen molar-refractivity contribution in [3.63, 3.8) is 0 Å². The highest BCUT2D eigenvalue weighted by atomic mass is 32.2. The second-order valence-electron chi connectivity index (χ2n) is 5.86. The lowest BCUT2D eigenvalue weighted by atomic mass is 10.1. The fourth-order valence-electron chi connectivity index (χ4n) is 2.64. The summed E-state index contributed by atoms with van der Waals surface area (Å²) < 4.78 is 38.1. The summed E-state index contributed by atoms with van der Waals surface area (Å²) in [4.78, 5) is 24.6. The Morgan fingerprint density at radius 1 is 1.19 bits per heavy atom. The quantitative estimate of drug-likeness (QED) is 0.517. The lowest BCUT2D eigenvalue weighted by molar-refractivity contribution is -0.139. The maximum absolute atomic E-state index is 11.8. The monoisotopic (exact) mass is 385 g/mol. The molecule has 0 atom stereocenters. The first-order valence-corrected chi connectivity index (χ1v) is 9.95. The molecule has 0 radical (unpaired) electrons. The van der Waals surface area contributed by atoms with E-state index in [9.17, 15) is 18.0 Å². The van der Waals surface area contributed by atoms with E-state index in [4.69, 9.17) is 8.92 Å². The zero-order valence-corrected chi connectivity index (χ0v) is 15.7. The van der Waals surface area contributed by atoms with E-state index < -0.39 is 28.1 Å². The molecule has 9 heteroatoms. The number of rotatable bonds is 7. The summed E-state index contributed by atoms with van der Waals surface area (Å²) in [6.07, 6.45) is 0.548. The molecule has 0 spiro atoms. The highest BCUT2D eigenvalue weighted by Crippen LogP contribution is 2.23. The molecule has 1 heterocycles. The average molecular weight is 385 g/mol. The summed E-state index contributed by atoms with van der Waals surface area (Å²) in [5, 5.41) is 0. The Morgan fingerprint density at radius 2 is 1.88 bits per heavy atom. The van der Waals surface area contributed by atoms with Gasteiger partial charge in [0.1, 0.15) is 0 Å². The van der Waals surface area contributed by atoms with Crippen molar-refractivity contribution >= 4 is 27.7 Å². The number of benzene rings is 1. The van der Waals surface area contributed by atoms with E-state index in [1.807, 2.05) is 6.07 Å².